The quantitative estimate of drug-likeness (QED) is 0.897. The van der Waals surface area contributed by atoms with Crippen molar-refractivity contribution in [1.82, 2.24) is 9.97 Å². The Balaban J connectivity index is 1.95. The predicted molar refractivity (Wildman–Crippen MR) is 77.3 cm³/mol. The van der Waals surface area contributed by atoms with Gasteiger partial charge in [0.15, 0.2) is 0 Å². The summed E-state index contributed by atoms with van der Waals surface area (Å²) in [6, 6.07) is 0.504. The SMILES string of the molecule is CSC1CCC(Nc2ncnc(N)c2Br)CC1. The van der Waals surface area contributed by atoms with Crippen LogP contribution in [0.15, 0.2) is 10.8 Å². The molecule has 0 atom stereocenters. The molecule has 1 heterocycles. The smallest absolute Gasteiger partial charge is 0.146 e. The molecule has 1 saturated carbocycles. The van der Waals surface area contributed by atoms with Gasteiger partial charge in [0, 0.05) is 11.3 Å². The van der Waals surface area contributed by atoms with Crippen molar-refractivity contribution < 1.29 is 0 Å². The predicted octanol–water partition coefficient (Wildman–Crippen LogP) is 2.91. The minimum Gasteiger partial charge on any atom is -0.383 e. The van der Waals surface area contributed by atoms with E-state index in [1.54, 1.807) is 0 Å². The number of hydrogen-bond donors (Lipinski definition) is 2. The fourth-order valence-corrected chi connectivity index (χ4v) is 3.18. The molecule has 0 amide bonds. The first-order chi connectivity index (χ1) is 8.20. The van der Waals surface area contributed by atoms with Gasteiger partial charge in [0.1, 0.15) is 22.4 Å². The third kappa shape index (κ3) is 3.25. The molecule has 0 spiro atoms. The third-order valence-corrected chi connectivity index (χ3v) is 5.08. The third-order valence-electron chi connectivity index (χ3n) is 3.16. The molecular weight excluding hydrogens is 300 g/mol. The van der Waals surface area contributed by atoms with E-state index in [1.165, 1.54) is 32.0 Å². The van der Waals surface area contributed by atoms with Gasteiger partial charge in [-0.05, 0) is 47.9 Å². The van der Waals surface area contributed by atoms with Crippen LogP contribution in [0, 0.1) is 0 Å². The van der Waals surface area contributed by atoms with Crippen molar-refractivity contribution in [3.05, 3.63) is 10.8 Å². The van der Waals surface area contributed by atoms with Crippen molar-refractivity contribution >= 4 is 39.3 Å². The standard InChI is InChI=1S/C11H17BrN4S/c1-17-8-4-2-7(3-5-8)16-11-9(12)10(13)14-6-15-11/h6-8H,2-5H2,1H3,(H3,13,14,15,16). The minimum absolute atomic E-state index is 0.486. The van der Waals surface area contributed by atoms with Crippen LogP contribution in [0.4, 0.5) is 11.6 Å². The highest BCUT2D eigenvalue weighted by Gasteiger charge is 2.21. The highest BCUT2D eigenvalue weighted by molar-refractivity contribution is 9.10. The normalized spacial score (nSPS) is 24.6. The number of anilines is 2. The summed E-state index contributed by atoms with van der Waals surface area (Å²) in [6.07, 6.45) is 8.63. The second-order valence-electron chi connectivity index (χ2n) is 4.28. The van der Waals surface area contributed by atoms with E-state index in [0.29, 0.717) is 11.9 Å². The molecule has 1 aliphatic carbocycles. The largest absolute Gasteiger partial charge is 0.383 e. The Morgan fingerprint density at radius 2 is 2.06 bits per heavy atom. The zero-order chi connectivity index (χ0) is 12.3. The van der Waals surface area contributed by atoms with Gasteiger partial charge < -0.3 is 11.1 Å². The molecule has 1 fully saturated rings. The summed E-state index contributed by atoms with van der Waals surface area (Å²) in [7, 11) is 0. The molecule has 3 N–H and O–H groups in total. The van der Waals surface area contributed by atoms with Crippen LogP contribution in [0.1, 0.15) is 25.7 Å². The van der Waals surface area contributed by atoms with Gasteiger partial charge in [-0.25, -0.2) is 9.97 Å². The van der Waals surface area contributed by atoms with Crippen LogP contribution in [-0.2, 0) is 0 Å². The Morgan fingerprint density at radius 3 is 2.71 bits per heavy atom. The van der Waals surface area contributed by atoms with Crippen LogP contribution in [0.2, 0.25) is 0 Å². The molecule has 0 saturated heterocycles. The first kappa shape index (κ1) is 13.0. The van der Waals surface area contributed by atoms with E-state index in [-0.39, 0.29) is 0 Å². The zero-order valence-corrected chi connectivity index (χ0v) is 12.2. The van der Waals surface area contributed by atoms with E-state index < -0.39 is 0 Å². The first-order valence-corrected chi connectivity index (χ1v) is 7.84. The summed E-state index contributed by atoms with van der Waals surface area (Å²) < 4.78 is 0.770. The number of halogens is 1. The van der Waals surface area contributed by atoms with Crippen molar-refractivity contribution in [2.45, 2.75) is 37.0 Å². The van der Waals surface area contributed by atoms with Crippen LogP contribution in [0.5, 0.6) is 0 Å². The number of aromatic nitrogens is 2. The molecule has 0 bridgehead atoms. The number of thioether (sulfide) groups is 1. The van der Waals surface area contributed by atoms with Gasteiger partial charge >= 0.3 is 0 Å². The summed E-state index contributed by atoms with van der Waals surface area (Å²) in [5.74, 6) is 1.30. The van der Waals surface area contributed by atoms with Crippen LogP contribution >= 0.6 is 27.7 Å². The Labute approximate surface area is 114 Å². The summed E-state index contributed by atoms with van der Waals surface area (Å²) in [4.78, 5) is 8.15. The van der Waals surface area contributed by atoms with Crippen molar-refractivity contribution in [1.29, 1.82) is 0 Å². The van der Waals surface area contributed by atoms with E-state index in [0.717, 1.165) is 15.5 Å². The van der Waals surface area contributed by atoms with E-state index in [2.05, 4.69) is 37.5 Å². The summed E-state index contributed by atoms with van der Waals surface area (Å²) in [5.41, 5.74) is 5.73. The van der Waals surface area contributed by atoms with Crippen molar-refractivity contribution in [3.63, 3.8) is 0 Å². The molecule has 0 radical (unpaired) electrons. The van der Waals surface area contributed by atoms with E-state index in [4.69, 9.17) is 5.73 Å². The second-order valence-corrected chi connectivity index (χ2v) is 6.21. The average Bonchev–Trinajstić information content (AvgIpc) is 2.36. The molecule has 0 aliphatic heterocycles. The fraction of sp³-hybridized carbons (Fsp3) is 0.636. The van der Waals surface area contributed by atoms with E-state index in [1.807, 2.05) is 11.8 Å². The Bertz CT molecular complexity index is 380. The molecule has 6 heteroatoms. The van der Waals surface area contributed by atoms with Crippen LogP contribution in [-0.4, -0.2) is 27.5 Å². The molecule has 4 nitrogen and oxygen atoms in total. The van der Waals surface area contributed by atoms with Gasteiger partial charge in [0.2, 0.25) is 0 Å². The number of nitrogens with zero attached hydrogens (tertiary/aromatic N) is 2. The molecule has 94 valence electrons. The number of rotatable bonds is 3. The Hall–Kier alpha value is -0.490. The lowest BCUT2D eigenvalue weighted by molar-refractivity contribution is 0.472. The van der Waals surface area contributed by atoms with Gasteiger partial charge in [-0.3, -0.25) is 0 Å². The van der Waals surface area contributed by atoms with Gasteiger partial charge in [0.25, 0.3) is 0 Å². The maximum absolute atomic E-state index is 5.73. The summed E-state index contributed by atoms with van der Waals surface area (Å²) >= 11 is 5.39. The van der Waals surface area contributed by atoms with Crippen molar-refractivity contribution in [2.24, 2.45) is 0 Å². The van der Waals surface area contributed by atoms with Gasteiger partial charge in [0.05, 0.1) is 0 Å². The van der Waals surface area contributed by atoms with Crippen LogP contribution in [0.25, 0.3) is 0 Å². The first-order valence-electron chi connectivity index (χ1n) is 5.76. The van der Waals surface area contributed by atoms with Gasteiger partial charge in [-0.2, -0.15) is 11.8 Å². The minimum atomic E-state index is 0.486. The molecule has 1 aliphatic rings. The Kier molecular flexibility index (Phi) is 4.50. The molecule has 1 aromatic rings. The monoisotopic (exact) mass is 316 g/mol. The lowest BCUT2D eigenvalue weighted by Crippen LogP contribution is -2.27. The summed E-state index contributed by atoms with van der Waals surface area (Å²) in [5, 5.41) is 4.27. The van der Waals surface area contributed by atoms with Gasteiger partial charge in [-0.15, -0.1) is 0 Å². The number of nitrogen functional groups attached to an aromatic ring is 1. The lowest BCUT2D eigenvalue weighted by atomic mass is 9.95. The second kappa shape index (κ2) is 5.91. The summed E-state index contributed by atoms with van der Waals surface area (Å²) in [6.45, 7) is 0. The highest BCUT2D eigenvalue weighted by atomic mass is 79.9. The van der Waals surface area contributed by atoms with E-state index in [9.17, 15) is 0 Å². The molecule has 2 rings (SSSR count). The molecule has 17 heavy (non-hydrogen) atoms. The lowest BCUT2D eigenvalue weighted by Gasteiger charge is -2.28. The maximum Gasteiger partial charge on any atom is 0.146 e. The van der Waals surface area contributed by atoms with Crippen LogP contribution < -0.4 is 11.1 Å². The molecule has 1 aromatic heterocycles. The molecular formula is C11H17BrN4S. The number of hydrogen-bond acceptors (Lipinski definition) is 5. The molecule has 0 aromatic carbocycles. The topological polar surface area (TPSA) is 63.8 Å². The number of nitrogens with two attached hydrogens (primary N) is 1. The van der Waals surface area contributed by atoms with Gasteiger partial charge in [-0.1, -0.05) is 0 Å². The van der Waals surface area contributed by atoms with Crippen molar-refractivity contribution in [3.8, 4) is 0 Å². The average molecular weight is 317 g/mol. The fourth-order valence-electron chi connectivity index (χ4n) is 2.12. The number of nitrogens with one attached hydrogen (secondary N) is 1. The zero-order valence-electron chi connectivity index (χ0n) is 9.82. The Morgan fingerprint density at radius 1 is 1.35 bits per heavy atom. The molecule has 0 unspecified atom stereocenters. The van der Waals surface area contributed by atoms with Crippen molar-refractivity contribution in [2.75, 3.05) is 17.3 Å². The maximum atomic E-state index is 5.73. The highest BCUT2D eigenvalue weighted by Crippen LogP contribution is 2.30. The van der Waals surface area contributed by atoms with E-state index >= 15 is 0 Å². The van der Waals surface area contributed by atoms with Crippen LogP contribution in [0.3, 0.4) is 0 Å².